The van der Waals surface area contributed by atoms with E-state index in [4.69, 9.17) is 4.74 Å². The minimum absolute atomic E-state index is 0.124. The summed E-state index contributed by atoms with van der Waals surface area (Å²) in [7, 11) is 3.23. The highest BCUT2D eigenvalue weighted by molar-refractivity contribution is 7.99. The van der Waals surface area contributed by atoms with Crippen molar-refractivity contribution in [2.75, 3.05) is 19.9 Å². The summed E-state index contributed by atoms with van der Waals surface area (Å²) in [5.41, 5.74) is 1.38. The van der Waals surface area contributed by atoms with E-state index < -0.39 is 17.7 Å². The molecule has 1 atom stereocenters. The molecular weight excluding hydrogens is 410 g/mol. The van der Waals surface area contributed by atoms with Crippen LogP contribution in [0.5, 0.6) is 5.75 Å². The second-order valence-corrected chi connectivity index (χ2v) is 7.65. The van der Waals surface area contributed by atoms with Gasteiger partial charge in [0.2, 0.25) is 5.91 Å². The Morgan fingerprint density at radius 3 is 2.50 bits per heavy atom. The van der Waals surface area contributed by atoms with Crippen LogP contribution < -0.4 is 4.74 Å². The maximum atomic E-state index is 13.5. The molecule has 1 aromatic heterocycles. The van der Waals surface area contributed by atoms with Crippen LogP contribution >= 0.6 is 11.8 Å². The van der Waals surface area contributed by atoms with Gasteiger partial charge in [0, 0.05) is 12.7 Å². The molecule has 0 aliphatic carbocycles. The number of hydrogen-bond acceptors (Lipinski definition) is 5. The first-order valence-corrected chi connectivity index (χ1v) is 10.2. The molecule has 0 bridgehead atoms. The van der Waals surface area contributed by atoms with Gasteiger partial charge in [-0.15, -0.1) is 10.2 Å². The van der Waals surface area contributed by atoms with Gasteiger partial charge in [-0.25, -0.2) is 8.78 Å². The number of aryl methyl sites for hydroxylation is 1. The molecule has 0 aliphatic heterocycles. The van der Waals surface area contributed by atoms with Gasteiger partial charge in [0.1, 0.15) is 11.6 Å². The van der Waals surface area contributed by atoms with Gasteiger partial charge in [-0.2, -0.15) is 0 Å². The number of rotatable bonds is 7. The maximum absolute atomic E-state index is 13.5. The first kappa shape index (κ1) is 21.8. The van der Waals surface area contributed by atoms with Crippen LogP contribution in [0, 0.1) is 18.6 Å². The van der Waals surface area contributed by atoms with Crippen LogP contribution in [0.2, 0.25) is 0 Å². The molecule has 9 heteroatoms. The third-order valence-electron chi connectivity index (χ3n) is 4.85. The van der Waals surface area contributed by atoms with Gasteiger partial charge in [-0.05, 0) is 55.8 Å². The minimum atomic E-state index is -0.933. The van der Waals surface area contributed by atoms with E-state index in [1.807, 2.05) is 35.8 Å². The number of benzene rings is 2. The molecule has 0 saturated carbocycles. The van der Waals surface area contributed by atoms with Crippen LogP contribution in [-0.4, -0.2) is 45.5 Å². The Hall–Kier alpha value is -2.94. The van der Waals surface area contributed by atoms with Crippen molar-refractivity contribution >= 4 is 17.7 Å². The summed E-state index contributed by atoms with van der Waals surface area (Å²) in [4.78, 5) is 14.2. The van der Waals surface area contributed by atoms with Crippen LogP contribution in [0.1, 0.15) is 24.4 Å². The smallest absolute Gasteiger partial charge is 0.233 e. The molecule has 0 fully saturated rings. The highest BCUT2D eigenvalue weighted by atomic mass is 32.2. The number of thioether (sulfide) groups is 1. The number of nitrogens with zero attached hydrogens (tertiary/aromatic N) is 4. The topological polar surface area (TPSA) is 60.2 Å². The van der Waals surface area contributed by atoms with Crippen LogP contribution in [0.25, 0.3) is 5.69 Å². The second kappa shape index (κ2) is 9.25. The lowest BCUT2D eigenvalue weighted by Gasteiger charge is -2.25. The van der Waals surface area contributed by atoms with Crippen molar-refractivity contribution in [2.45, 2.75) is 25.0 Å². The third kappa shape index (κ3) is 4.62. The normalized spacial score (nSPS) is 11.9. The van der Waals surface area contributed by atoms with E-state index in [1.54, 1.807) is 21.1 Å². The molecule has 6 nitrogen and oxygen atoms in total. The largest absolute Gasteiger partial charge is 0.497 e. The van der Waals surface area contributed by atoms with Crippen molar-refractivity contribution < 1.29 is 18.3 Å². The van der Waals surface area contributed by atoms with Gasteiger partial charge in [-0.1, -0.05) is 17.8 Å². The van der Waals surface area contributed by atoms with Crippen LogP contribution in [-0.2, 0) is 4.79 Å². The zero-order chi connectivity index (χ0) is 21.8. The van der Waals surface area contributed by atoms with E-state index in [2.05, 4.69) is 10.2 Å². The fourth-order valence-corrected chi connectivity index (χ4v) is 3.83. The van der Waals surface area contributed by atoms with E-state index >= 15 is 0 Å². The number of hydrogen-bond donors (Lipinski definition) is 0. The Labute approximate surface area is 177 Å². The first-order valence-electron chi connectivity index (χ1n) is 9.21. The fraction of sp³-hybridized carbons (Fsp3) is 0.286. The van der Waals surface area contributed by atoms with Crippen LogP contribution in [0.15, 0.2) is 47.6 Å². The number of carbonyl (C=O) groups excluding carboxylic acids is 1. The highest BCUT2D eigenvalue weighted by Gasteiger charge is 2.20. The van der Waals surface area contributed by atoms with Gasteiger partial charge in [0.25, 0.3) is 0 Å². The Bertz CT molecular complexity index is 1040. The molecule has 1 amide bonds. The molecule has 0 spiro atoms. The summed E-state index contributed by atoms with van der Waals surface area (Å²) in [6.07, 6.45) is 0. The van der Waals surface area contributed by atoms with E-state index in [1.165, 1.54) is 22.7 Å². The predicted octanol–water partition coefficient (Wildman–Crippen LogP) is 4.17. The lowest BCUT2D eigenvalue weighted by Crippen LogP contribution is -2.31. The first-order chi connectivity index (χ1) is 14.3. The molecular formula is C21H22F2N4O2S. The number of halogens is 2. The summed E-state index contributed by atoms with van der Waals surface area (Å²) in [6, 6.07) is 10.7. The average molecular weight is 432 g/mol. The summed E-state index contributed by atoms with van der Waals surface area (Å²) < 4.78 is 33.7. The zero-order valence-corrected chi connectivity index (χ0v) is 17.9. The SMILES string of the molecule is COc1ccc(-n2c(C)nnc2SCC(=O)N(C)C(C)c2ccc(F)c(F)c2)cc1. The van der Waals surface area contributed by atoms with E-state index in [-0.39, 0.29) is 11.7 Å². The molecule has 3 rings (SSSR count). The summed E-state index contributed by atoms with van der Waals surface area (Å²) in [6.45, 7) is 3.60. The number of carbonyl (C=O) groups is 1. The Morgan fingerprint density at radius 1 is 1.17 bits per heavy atom. The maximum Gasteiger partial charge on any atom is 0.233 e. The standard InChI is InChI=1S/C21H22F2N4O2S/c1-13(15-5-10-18(22)19(23)11-15)26(3)20(28)12-30-21-25-24-14(2)27(21)16-6-8-17(29-4)9-7-16/h5-11,13H,12H2,1-4H3. The lowest BCUT2D eigenvalue weighted by atomic mass is 10.1. The van der Waals surface area contributed by atoms with Crippen molar-refractivity contribution in [3.63, 3.8) is 0 Å². The number of aromatic nitrogens is 3. The lowest BCUT2D eigenvalue weighted by molar-refractivity contribution is -0.128. The second-order valence-electron chi connectivity index (χ2n) is 6.71. The van der Waals surface area contributed by atoms with Crippen molar-refractivity contribution in [2.24, 2.45) is 0 Å². The van der Waals surface area contributed by atoms with E-state index in [0.29, 0.717) is 16.5 Å². The van der Waals surface area contributed by atoms with Crippen LogP contribution in [0.3, 0.4) is 0 Å². The zero-order valence-electron chi connectivity index (χ0n) is 17.1. The fourth-order valence-electron chi connectivity index (χ4n) is 2.90. The van der Waals surface area contributed by atoms with Gasteiger partial charge >= 0.3 is 0 Å². The van der Waals surface area contributed by atoms with Crippen molar-refractivity contribution in [1.82, 2.24) is 19.7 Å². The Balaban J connectivity index is 1.70. The van der Waals surface area contributed by atoms with Gasteiger partial charge in [-0.3, -0.25) is 9.36 Å². The molecule has 0 aliphatic rings. The number of amides is 1. The quantitative estimate of drug-likeness (QED) is 0.525. The molecule has 2 aromatic carbocycles. The van der Waals surface area contributed by atoms with E-state index in [0.717, 1.165) is 23.6 Å². The molecule has 30 heavy (non-hydrogen) atoms. The third-order valence-corrected chi connectivity index (χ3v) is 5.76. The summed E-state index contributed by atoms with van der Waals surface area (Å²) in [5.74, 6) is -0.459. The Kier molecular flexibility index (Phi) is 6.71. The molecule has 1 heterocycles. The van der Waals surface area contributed by atoms with Crippen molar-refractivity contribution in [3.8, 4) is 11.4 Å². The summed E-state index contributed by atoms with van der Waals surface area (Å²) >= 11 is 1.26. The van der Waals surface area contributed by atoms with Gasteiger partial charge in [0.15, 0.2) is 16.8 Å². The predicted molar refractivity (Wildman–Crippen MR) is 111 cm³/mol. The van der Waals surface area contributed by atoms with Gasteiger partial charge in [0.05, 0.1) is 18.9 Å². The molecule has 3 aromatic rings. The minimum Gasteiger partial charge on any atom is -0.497 e. The van der Waals surface area contributed by atoms with Crippen molar-refractivity contribution in [1.29, 1.82) is 0 Å². The van der Waals surface area contributed by atoms with Gasteiger partial charge < -0.3 is 9.64 Å². The number of methoxy groups -OCH3 is 1. The molecule has 0 radical (unpaired) electrons. The molecule has 158 valence electrons. The Morgan fingerprint density at radius 2 is 1.87 bits per heavy atom. The highest BCUT2D eigenvalue weighted by Crippen LogP contribution is 2.26. The monoisotopic (exact) mass is 432 g/mol. The molecule has 1 unspecified atom stereocenters. The van der Waals surface area contributed by atoms with E-state index in [9.17, 15) is 13.6 Å². The average Bonchev–Trinajstić information content (AvgIpc) is 3.13. The number of ether oxygens (including phenoxy) is 1. The summed E-state index contributed by atoms with van der Waals surface area (Å²) in [5, 5.41) is 8.87. The molecule has 0 N–H and O–H groups in total. The van der Waals surface area contributed by atoms with Crippen LogP contribution in [0.4, 0.5) is 8.78 Å². The van der Waals surface area contributed by atoms with Crippen molar-refractivity contribution in [3.05, 3.63) is 65.5 Å². The molecule has 0 saturated heterocycles.